The summed E-state index contributed by atoms with van der Waals surface area (Å²) in [5, 5.41) is 8.82. The topological polar surface area (TPSA) is 20.2 Å². The zero-order valence-corrected chi connectivity index (χ0v) is 12.4. The van der Waals surface area contributed by atoms with Crippen LogP contribution in [0.25, 0.3) is 0 Å². The zero-order chi connectivity index (χ0) is 13.9. The Morgan fingerprint density at radius 3 is 2.53 bits per heavy atom. The van der Waals surface area contributed by atoms with Crippen molar-refractivity contribution in [1.29, 1.82) is 0 Å². The highest BCUT2D eigenvalue weighted by Crippen LogP contribution is 2.22. The Kier molecular flexibility index (Phi) is 8.24. The normalized spacial score (nSPS) is 13.5. The maximum Gasteiger partial charge on any atom is 0.0431 e. The van der Waals surface area contributed by atoms with E-state index in [0.717, 1.165) is 25.7 Å². The average Bonchev–Trinajstić information content (AvgIpc) is 2.43. The van der Waals surface area contributed by atoms with Gasteiger partial charge in [-0.1, -0.05) is 62.2 Å². The molecule has 0 aliphatic carbocycles. The van der Waals surface area contributed by atoms with Crippen molar-refractivity contribution in [2.45, 2.75) is 52.4 Å². The van der Waals surface area contributed by atoms with E-state index in [2.05, 4.69) is 50.3 Å². The third-order valence-electron chi connectivity index (χ3n) is 3.61. The SMILES string of the molecule is CC/C=C(\CCCCCO)C(C)Cc1ccccc1. The Morgan fingerprint density at radius 1 is 1.16 bits per heavy atom. The van der Waals surface area contributed by atoms with Gasteiger partial charge in [0, 0.05) is 6.61 Å². The van der Waals surface area contributed by atoms with Crippen LogP contribution in [-0.2, 0) is 6.42 Å². The minimum absolute atomic E-state index is 0.326. The van der Waals surface area contributed by atoms with Gasteiger partial charge in [-0.2, -0.15) is 0 Å². The molecule has 0 bridgehead atoms. The standard InChI is InChI=1S/C18H28O/c1-3-10-18(13-8-5-9-14-19)16(2)15-17-11-6-4-7-12-17/h4,6-7,10-12,16,19H,3,5,8-9,13-15H2,1-2H3/b18-10+. The van der Waals surface area contributed by atoms with Crippen LogP contribution in [0.5, 0.6) is 0 Å². The fraction of sp³-hybridized carbons (Fsp3) is 0.556. The average molecular weight is 260 g/mol. The van der Waals surface area contributed by atoms with Crippen molar-refractivity contribution in [2.75, 3.05) is 6.61 Å². The van der Waals surface area contributed by atoms with Gasteiger partial charge in [-0.3, -0.25) is 0 Å². The van der Waals surface area contributed by atoms with E-state index in [1.807, 2.05) is 0 Å². The lowest BCUT2D eigenvalue weighted by atomic mass is 9.89. The molecule has 0 fully saturated rings. The van der Waals surface area contributed by atoms with Crippen LogP contribution >= 0.6 is 0 Å². The summed E-state index contributed by atoms with van der Waals surface area (Å²) in [6.07, 6.45) is 9.10. The first-order valence-electron chi connectivity index (χ1n) is 7.61. The summed E-state index contributed by atoms with van der Waals surface area (Å²) in [6, 6.07) is 10.7. The van der Waals surface area contributed by atoms with E-state index in [1.165, 1.54) is 18.4 Å². The molecule has 1 aromatic rings. The summed E-state index contributed by atoms with van der Waals surface area (Å²) in [5.74, 6) is 0.622. The van der Waals surface area contributed by atoms with Crippen molar-refractivity contribution in [3.63, 3.8) is 0 Å². The molecular formula is C18H28O. The third-order valence-corrected chi connectivity index (χ3v) is 3.61. The first-order chi connectivity index (χ1) is 9.27. The number of unbranched alkanes of at least 4 members (excludes halogenated alkanes) is 2. The van der Waals surface area contributed by atoms with Crippen molar-refractivity contribution in [3.05, 3.63) is 47.5 Å². The molecule has 106 valence electrons. The van der Waals surface area contributed by atoms with Gasteiger partial charge in [0.2, 0.25) is 0 Å². The summed E-state index contributed by atoms with van der Waals surface area (Å²) in [4.78, 5) is 0. The van der Waals surface area contributed by atoms with Crippen LogP contribution in [0.2, 0.25) is 0 Å². The summed E-state index contributed by atoms with van der Waals surface area (Å²) in [5.41, 5.74) is 3.01. The van der Waals surface area contributed by atoms with E-state index in [1.54, 1.807) is 5.57 Å². The summed E-state index contributed by atoms with van der Waals surface area (Å²) >= 11 is 0. The van der Waals surface area contributed by atoms with Gasteiger partial charge < -0.3 is 5.11 Å². The van der Waals surface area contributed by atoms with E-state index < -0.39 is 0 Å². The van der Waals surface area contributed by atoms with Crippen molar-refractivity contribution in [2.24, 2.45) is 5.92 Å². The van der Waals surface area contributed by atoms with Gasteiger partial charge in [-0.25, -0.2) is 0 Å². The van der Waals surface area contributed by atoms with Gasteiger partial charge >= 0.3 is 0 Å². The van der Waals surface area contributed by atoms with Crippen molar-refractivity contribution in [1.82, 2.24) is 0 Å². The Bertz CT molecular complexity index is 353. The lowest BCUT2D eigenvalue weighted by molar-refractivity contribution is 0.283. The predicted molar refractivity (Wildman–Crippen MR) is 83.2 cm³/mol. The Balaban J connectivity index is 2.48. The Labute approximate surface area is 118 Å². The quantitative estimate of drug-likeness (QED) is 0.501. The van der Waals surface area contributed by atoms with Crippen LogP contribution in [0, 0.1) is 5.92 Å². The minimum Gasteiger partial charge on any atom is -0.396 e. The second kappa shape index (κ2) is 9.80. The highest BCUT2D eigenvalue weighted by molar-refractivity contribution is 5.18. The van der Waals surface area contributed by atoms with E-state index in [-0.39, 0.29) is 0 Å². The van der Waals surface area contributed by atoms with Gasteiger partial charge in [0.1, 0.15) is 0 Å². The van der Waals surface area contributed by atoms with Crippen LogP contribution in [0.3, 0.4) is 0 Å². The van der Waals surface area contributed by atoms with E-state index in [9.17, 15) is 0 Å². The van der Waals surface area contributed by atoms with Crippen LogP contribution in [0.4, 0.5) is 0 Å². The Morgan fingerprint density at radius 2 is 1.89 bits per heavy atom. The van der Waals surface area contributed by atoms with E-state index in [4.69, 9.17) is 5.11 Å². The lowest BCUT2D eigenvalue weighted by Gasteiger charge is -2.16. The maximum atomic E-state index is 8.82. The molecule has 19 heavy (non-hydrogen) atoms. The number of benzene rings is 1. The van der Waals surface area contributed by atoms with E-state index >= 15 is 0 Å². The fourth-order valence-corrected chi connectivity index (χ4v) is 2.53. The number of aliphatic hydroxyl groups is 1. The van der Waals surface area contributed by atoms with Gasteiger partial charge in [0.05, 0.1) is 0 Å². The third kappa shape index (κ3) is 6.58. The highest BCUT2D eigenvalue weighted by Gasteiger charge is 2.09. The minimum atomic E-state index is 0.326. The second-order valence-electron chi connectivity index (χ2n) is 5.31. The zero-order valence-electron chi connectivity index (χ0n) is 12.4. The molecule has 0 saturated heterocycles. The molecule has 0 aliphatic heterocycles. The number of hydrogen-bond acceptors (Lipinski definition) is 1. The van der Waals surface area contributed by atoms with Crippen LogP contribution < -0.4 is 0 Å². The van der Waals surface area contributed by atoms with Crippen molar-refractivity contribution < 1.29 is 5.11 Å². The molecule has 1 N–H and O–H groups in total. The monoisotopic (exact) mass is 260 g/mol. The summed E-state index contributed by atoms with van der Waals surface area (Å²) in [7, 11) is 0. The molecule has 0 aliphatic rings. The van der Waals surface area contributed by atoms with Crippen LogP contribution in [0.15, 0.2) is 42.0 Å². The van der Waals surface area contributed by atoms with Gasteiger partial charge in [-0.05, 0) is 43.6 Å². The molecule has 1 unspecified atom stereocenters. The van der Waals surface area contributed by atoms with Crippen molar-refractivity contribution >= 4 is 0 Å². The molecule has 1 nitrogen and oxygen atoms in total. The molecule has 0 saturated carbocycles. The maximum absolute atomic E-state index is 8.82. The number of rotatable bonds is 9. The van der Waals surface area contributed by atoms with Gasteiger partial charge in [-0.15, -0.1) is 0 Å². The fourth-order valence-electron chi connectivity index (χ4n) is 2.53. The second-order valence-corrected chi connectivity index (χ2v) is 5.31. The summed E-state index contributed by atoms with van der Waals surface area (Å²) < 4.78 is 0. The van der Waals surface area contributed by atoms with Gasteiger partial charge in [0.15, 0.2) is 0 Å². The molecule has 0 spiro atoms. The first kappa shape index (κ1) is 16.0. The molecule has 1 heteroatoms. The predicted octanol–water partition coefficient (Wildman–Crippen LogP) is 4.75. The van der Waals surface area contributed by atoms with Crippen LogP contribution in [-0.4, -0.2) is 11.7 Å². The molecule has 0 radical (unpaired) electrons. The molecule has 0 heterocycles. The molecule has 1 rings (SSSR count). The molecule has 0 aromatic heterocycles. The smallest absolute Gasteiger partial charge is 0.0431 e. The summed E-state index contributed by atoms with van der Waals surface area (Å²) in [6.45, 7) is 4.87. The highest BCUT2D eigenvalue weighted by atomic mass is 16.2. The number of hydrogen-bond donors (Lipinski definition) is 1. The molecule has 0 amide bonds. The number of aliphatic hydroxyl groups excluding tert-OH is 1. The lowest BCUT2D eigenvalue weighted by Crippen LogP contribution is -2.04. The van der Waals surface area contributed by atoms with Crippen LogP contribution in [0.1, 0.15) is 51.5 Å². The first-order valence-corrected chi connectivity index (χ1v) is 7.61. The number of allylic oxidation sites excluding steroid dienone is 2. The van der Waals surface area contributed by atoms with E-state index in [0.29, 0.717) is 12.5 Å². The molecular weight excluding hydrogens is 232 g/mol. The largest absolute Gasteiger partial charge is 0.396 e. The molecule has 1 atom stereocenters. The van der Waals surface area contributed by atoms with Crippen molar-refractivity contribution in [3.8, 4) is 0 Å². The van der Waals surface area contributed by atoms with Gasteiger partial charge in [0.25, 0.3) is 0 Å². The molecule has 1 aromatic carbocycles. The Hall–Kier alpha value is -1.08.